The fraction of sp³-hybridized carbons (Fsp3) is 0.500. The summed E-state index contributed by atoms with van der Waals surface area (Å²) in [5.41, 5.74) is 1.19. The SMILES string of the molecule is C=CCOc1ccccc1CNCC1CCOC1C. The van der Waals surface area contributed by atoms with Crippen molar-refractivity contribution in [3.63, 3.8) is 0 Å². The molecule has 1 aliphatic heterocycles. The highest BCUT2D eigenvalue weighted by Crippen LogP contribution is 2.21. The second kappa shape index (κ2) is 7.31. The fourth-order valence-electron chi connectivity index (χ4n) is 2.38. The molecule has 1 aromatic carbocycles. The molecule has 3 nitrogen and oxygen atoms in total. The third-order valence-corrected chi connectivity index (χ3v) is 3.58. The zero-order chi connectivity index (χ0) is 13.5. The molecule has 3 heteroatoms. The number of hydrogen-bond acceptors (Lipinski definition) is 3. The summed E-state index contributed by atoms with van der Waals surface area (Å²) in [7, 11) is 0. The van der Waals surface area contributed by atoms with Gasteiger partial charge < -0.3 is 14.8 Å². The average molecular weight is 261 g/mol. The van der Waals surface area contributed by atoms with Gasteiger partial charge in [-0.3, -0.25) is 0 Å². The van der Waals surface area contributed by atoms with Crippen LogP contribution in [0.25, 0.3) is 0 Å². The standard InChI is InChI=1S/C16H23NO2/c1-3-9-19-16-7-5-4-6-15(16)12-17-11-14-8-10-18-13(14)2/h3-7,13-14,17H,1,8-12H2,2H3. The molecule has 1 aliphatic rings. The van der Waals surface area contributed by atoms with Gasteiger partial charge in [-0.15, -0.1) is 0 Å². The minimum atomic E-state index is 0.375. The van der Waals surface area contributed by atoms with Crippen molar-refractivity contribution >= 4 is 0 Å². The van der Waals surface area contributed by atoms with Crippen LogP contribution < -0.4 is 10.1 Å². The van der Waals surface area contributed by atoms with E-state index < -0.39 is 0 Å². The summed E-state index contributed by atoms with van der Waals surface area (Å²) in [5, 5.41) is 3.51. The summed E-state index contributed by atoms with van der Waals surface area (Å²) in [6.07, 6.45) is 3.30. The first-order chi connectivity index (χ1) is 9.31. The molecular formula is C16H23NO2. The molecule has 0 radical (unpaired) electrons. The topological polar surface area (TPSA) is 30.5 Å². The predicted molar refractivity (Wildman–Crippen MR) is 77.4 cm³/mol. The summed E-state index contributed by atoms with van der Waals surface area (Å²) in [4.78, 5) is 0. The van der Waals surface area contributed by atoms with Crippen LogP contribution in [-0.2, 0) is 11.3 Å². The zero-order valence-corrected chi connectivity index (χ0v) is 11.6. The molecular weight excluding hydrogens is 238 g/mol. The smallest absolute Gasteiger partial charge is 0.124 e. The van der Waals surface area contributed by atoms with Crippen molar-refractivity contribution in [1.29, 1.82) is 0 Å². The highest BCUT2D eigenvalue weighted by Gasteiger charge is 2.23. The lowest BCUT2D eigenvalue weighted by Gasteiger charge is -2.16. The van der Waals surface area contributed by atoms with Crippen LogP contribution >= 0.6 is 0 Å². The summed E-state index contributed by atoms with van der Waals surface area (Å²) in [6.45, 7) is 9.10. The van der Waals surface area contributed by atoms with E-state index in [0.717, 1.165) is 31.9 Å². The van der Waals surface area contributed by atoms with Crippen LogP contribution in [-0.4, -0.2) is 25.9 Å². The highest BCUT2D eigenvalue weighted by molar-refractivity contribution is 5.33. The van der Waals surface area contributed by atoms with E-state index >= 15 is 0 Å². The van der Waals surface area contributed by atoms with Crippen molar-refractivity contribution < 1.29 is 9.47 Å². The largest absolute Gasteiger partial charge is 0.489 e. The summed E-state index contributed by atoms with van der Waals surface area (Å²) in [6, 6.07) is 8.13. The van der Waals surface area contributed by atoms with Crippen molar-refractivity contribution in [3.05, 3.63) is 42.5 Å². The van der Waals surface area contributed by atoms with Gasteiger partial charge in [-0.05, 0) is 25.3 Å². The van der Waals surface area contributed by atoms with Gasteiger partial charge in [-0.2, -0.15) is 0 Å². The predicted octanol–water partition coefficient (Wildman–Crippen LogP) is 2.77. The molecule has 0 aliphatic carbocycles. The molecule has 0 aromatic heterocycles. The van der Waals surface area contributed by atoms with Gasteiger partial charge in [0.1, 0.15) is 12.4 Å². The lowest BCUT2D eigenvalue weighted by Crippen LogP contribution is -2.26. The Labute approximate surface area is 115 Å². The van der Waals surface area contributed by atoms with Crippen molar-refractivity contribution in [3.8, 4) is 5.75 Å². The Morgan fingerprint density at radius 3 is 3.05 bits per heavy atom. The Hall–Kier alpha value is -1.32. The summed E-state index contributed by atoms with van der Waals surface area (Å²) < 4.78 is 11.2. The minimum absolute atomic E-state index is 0.375. The van der Waals surface area contributed by atoms with Crippen molar-refractivity contribution in [2.45, 2.75) is 26.0 Å². The van der Waals surface area contributed by atoms with Gasteiger partial charge in [-0.25, -0.2) is 0 Å². The third-order valence-electron chi connectivity index (χ3n) is 3.58. The molecule has 1 fully saturated rings. The molecule has 2 unspecified atom stereocenters. The Kier molecular flexibility index (Phi) is 5.43. The van der Waals surface area contributed by atoms with Crippen molar-refractivity contribution in [1.82, 2.24) is 5.32 Å². The maximum Gasteiger partial charge on any atom is 0.124 e. The number of nitrogens with one attached hydrogen (secondary N) is 1. The van der Waals surface area contributed by atoms with E-state index in [4.69, 9.17) is 9.47 Å². The Balaban J connectivity index is 1.83. The van der Waals surface area contributed by atoms with E-state index in [2.05, 4.69) is 24.9 Å². The Bertz CT molecular complexity index is 405. The first kappa shape index (κ1) is 14.1. The van der Waals surface area contributed by atoms with Crippen LogP contribution in [0.15, 0.2) is 36.9 Å². The molecule has 2 rings (SSSR count). The van der Waals surface area contributed by atoms with Gasteiger partial charge in [0.05, 0.1) is 6.10 Å². The van der Waals surface area contributed by atoms with Gasteiger partial charge >= 0.3 is 0 Å². The number of para-hydroxylation sites is 1. The zero-order valence-electron chi connectivity index (χ0n) is 11.6. The summed E-state index contributed by atoms with van der Waals surface area (Å²) >= 11 is 0. The Morgan fingerprint density at radius 2 is 2.32 bits per heavy atom. The maximum atomic E-state index is 5.65. The van der Waals surface area contributed by atoms with Crippen LogP contribution in [0.4, 0.5) is 0 Å². The van der Waals surface area contributed by atoms with E-state index in [1.165, 1.54) is 5.56 Å². The Morgan fingerprint density at radius 1 is 1.47 bits per heavy atom. The normalized spacial score (nSPS) is 22.4. The third kappa shape index (κ3) is 4.08. The van der Waals surface area contributed by atoms with Crippen LogP contribution in [0, 0.1) is 5.92 Å². The molecule has 1 heterocycles. The lowest BCUT2D eigenvalue weighted by molar-refractivity contribution is 0.105. The number of benzene rings is 1. The summed E-state index contributed by atoms with van der Waals surface area (Å²) in [5.74, 6) is 1.56. The quantitative estimate of drug-likeness (QED) is 0.766. The van der Waals surface area contributed by atoms with Crippen molar-refractivity contribution in [2.24, 2.45) is 5.92 Å². The van der Waals surface area contributed by atoms with Gasteiger partial charge in [0.25, 0.3) is 0 Å². The first-order valence-corrected chi connectivity index (χ1v) is 6.95. The van der Waals surface area contributed by atoms with Crippen LogP contribution in [0.3, 0.4) is 0 Å². The van der Waals surface area contributed by atoms with E-state index in [-0.39, 0.29) is 0 Å². The molecule has 104 valence electrons. The van der Waals surface area contributed by atoms with Crippen molar-refractivity contribution in [2.75, 3.05) is 19.8 Å². The number of ether oxygens (including phenoxy) is 2. The van der Waals surface area contributed by atoms with Crippen LogP contribution in [0.1, 0.15) is 18.9 Å². The van der Waals surface area contributed by atoms with E-state index in [0.29, 0.717) is 18.6 Å². The van der Waals surface area contributed by atoms with E-state index in [1.54, 1.807) is 6.08 Å². The molecule has 19 heavy (non-hydrogen) atoms. The number of rotatable bonds is 7. The number of hydrogen-bond donors (Lipinski definition) is 1. The molecule has 1 N–H and O–H groups in total. The van der Waals surface area contributed by atoms with Gasteiger partial charge in [0, 0.05) is 25.3 Å². The van der Waals surface area contributed by atoms with E-state index in [9.17, 15) is 0 Å². The average Bonchev–Trinajstić information content (AvgIpc) is 2.83. The molecule has 0 spiro atoms. The van der Waals surface area contributed by atoms with Gasteiger partial charge in [0.2, 0.25) is 0 Å². The second-order valence-electron chi connectivity index (χ2n) is 4.96. The van der Waals surface area contributed by atoms with Gasteiger partial charge in [-0.1, -0.05) is 30.9 Å². The molecule has 0 bridgehead atoms. The molecule has 1 aromatic rings. The molecule has 2 atom stereocenters. The highest BCUT2D eigenvalue weighted by atomic mass is 16.5. The van der Waals surface area contributed by atoms with Crippen LogP contribution in [0.2, 0.25) is 0 Å². The lowest BCUT2D eigenvalue weighted by atomic mass is 10.0. The molecule has 0 saturated carbocycles. The fourth-order valence-corrected chi connectivity index (χ4v) is 2.38. The van der Waals surface area contributed by atoms with Crippen LogP contribution in [0.5, 0.6) is 5.75 Å². The second-order valence-corrected chi connectivity index (χ2v) is 4.96. The molecule has 0 amide bonds. The van der Waals surface area contributed by atoms with Gasteiger partial charge in [0.15, 0.2) is 0 Å². The monoisotopic (exact) mass is 261 g/mol. The molecule has 1 saturated heterocycles. The first-order valence-electron chi connectivity index (χ1n) is 6.95. The minimum Gasteiger partial charge on any atom is -0.489 e. The van der Waals surface area contributed by atoms with E-state index in [1.807, 2.05) is 18.2 Å². The maximum absolute atomic E-state index is 5.65.